The Bertz CT molecular complexity index is 705. The number of hydrogen-bond acceptors (Lipinski definition) is 5. The number of benzene rings is 1. The second kappa shape index (κ2) is 4.25. The zero-order valence-electron chi connectivity index (χ0n) is 11.5. The van der Waals surface area contributed by atoms with Gasteiger partial charge in [-0.1, -0.05) is 12.1 Å². The van der Waals surface area contributed by atoms with Crippen LogP contribution in [0.2, 0.25) is 0 Å². The van der Waals surface area contributed by atoms with E-state index in [0.29, 0.717) is 24.0 Å². The van der Waals surface area contributed by atoms with Crippen LogP contribution in [-0.4, -0.2) is 29.5 Å². The van der Waals surface area contributed by atoms with E-state index in [0.717, 1.165) is 24.9 Å². The molecular formula is C15H16N4O2. The van der Waals surface area contributed by atoms with Crippen molar-refractivity contribution in [3.05, 3.63) is 30.5 Å². The fourth-order valence-corrected chi connectivity index (χ4v) is 2.89. The molecule has 3 N–H and O–H groups in total. The number of carbonyl (C=O) groups is 1. The molecule has 1 amide bonds. The molecule has 2 aromatic rings. The van der Waals surface area contributed by atoms with Gasteiger partial charge >= 0.3 is 0 Å². The minimum Gasteiger partial charge on any atom is -0.423 e. The Morgan fingerprint density at radius 3 is 3.00 bits per heavy atom. The summed E-state index contributed by atoms with van der Waals surface area (Å²) in [5, 5.41) is 2.91. The van der Waals surface area contributed by atoms with Crippen LogP contribution in [0.1, 0.15) is 12.8 Å². The number of amides is 1. The van der Waals surface area contributed by atoms with Crippen LogP contribution in [0.25, 0.3) is 11.3 Å². The van der Waals surface area contributed by atoms with Gasteiger partial charge in [0.1, 0.15) is 5.54 Å². The molecule has 1 aliphatic carbocycles. The normalized spacial score (nSPS) is 19.6. The van der Waals surface area contributed by atoms with Gasteiger partial charge in [-0.15, -0.1) is 0 Å². The molecule has 2 heterocycles. The smallest absolute Gasteiger partial charge is 0.298 e. The molecule has 1 aromatic heterocycles. The number of nitrogen functional groups attached to an aromatic ring is 1. The first-order valence-corrected chi connectivity index (χ1v) is 7.07. The van der Waals surface area contributed by atoms with Gasteiger partial charge in [-0.3, -0.25) is 4.79 Å². The lowest BCUT2D eigenvalue weighted by atomic mass is 10.1. The van der Waals surface area contributed by atoms with Crippen molar-refractivity contribution in [1.29, 1.82) is 0 Å². The minimum atomic E-state index is -0.434. The van der Waals surface area contributed by atoms with Crippen molar-refractivity contribution < 1.29 is 9.21 Å². The van der Waals surface area contributed by atoms with Crippen molar-refractivity contribution in [2.75, 3.05) is 23.7 Å². The van der Waals surface area contributed by atoms with E-state index in [-0.39, 0.29) is 5.91 Å². The molecule has 1 aliphatic heterocycles. The molecule has 0 unspecified atom stereocenters. The van der Waals surface area contributed by atoms with Gasteiger partial charge in [0.15, 0.2) is 5.76 Å². The van der Waals surface area contributed by atoms with Crippen LogP contribution in [0.15, 0.2) is 34.9 Å². The highest BCUT2D eigenvalue weighted by Gasteiger charge is 2.57. The van der Waals surface area contributed by atoms with Gasteiger partial charge < -0.3 is 20.4 Å². The van der Waals surface area contributed by atoms with Crippen molar-refractivity contribution in [1.82, 2.24) is 10.3 Å². The van der Waals surface area contributed by atoms with Gasteiger partial charge in [-0.25, -0.2) is 4.98 Å². The first-order chi connectivity index (χ1) is 10.2. The van der Waals surface area contributed by atoms with Crippen LogP contribution in [-0.2, 0) is 4.79 Å². The number of aromatic nitrogens is 1. The third-order valence-corrected chi connectivity index (χ3v) is 4.18. The highest BCUT2D eigenvalue weighted by atomic mass is 16.4. The lowest BCUT2D eigenvalue weighted by molar-refractivity contribution is -0.124. The lowest BCUT2D eigenvalue weighted by Gasteiger charge is -2.34. The molecule has 0 radical (unpaired) electrons. The maximum absolute atomic E-state index is 12.0. The number of oxazole rings is 1. The molecule has 1 saturated heterocycles. The summed E-state index contributed by atoms with van der Waals surface area (Å²) in [6.07, 6.45) is 3.40. The summed E-state index contributed by atoms with van der Waals surface area (Å²) < 4.78 is 5.87. The Morgan fingerprint density at radius 2 is 2.24 bits per heavy atom. The number of rotatable bonds is 2. The van der Waals surface area contributed by atoms with Crippen molar-refractivity contribution in [3.8, 4) is 11.3 Å². The summed E-state index contributed by atoms with van der Waals surface area (Å²) in [6, 6.07) is 7.99. The zero-order valence-corrected chi connectivity index (χ0v) is 11.5. The van der Waals surface area contributed by atoms with Gasteiger partial charge in [0, 0.05) is 24.3 Å². The molecule has 2 fully saturated rings. The average molecular weight is 284 g/mol. The quantitative estimate of drug-likeness (QED) is 0.814. The van der Waals surface area contributed by atoms with Crippen LogP contribution in [0, 0.1) is 0 Å². The van der Waals surface area contributed by atoms with E-state index in [1.807, 2.05) is 29.2 Å². The van der Waals surface area contributed by atoms with Crippen molar-refractivity contribution in [3.63, 3.8) is 0 Å². The van der Waals surface area contributed by atoms with Crippen LogP contribution >= 0.6 is 0 Å². The van der Waals surface area contributed by atoms with E-state index in [9.17, 15) is 4.79 Å². The molecule has 21 heavy (non-hydrogen) atoms. The van der Waals surface area contributed by atoms with Gasteiger partial charge in [0.05, 0.1) is 6.20 Å². The number of nitrogens with one attached hydrogen (secondary N) is 1. The molecule has 1 saturated carbocycles. The molecule has 1 spiro atoms. The molecular weight excluding hydrogens is 268 g/mol. The lowest BCUT2D eigenvalue weighted by Crippen LogP contribution is -2.57. The zero-order chi connectivity index (χ0) is 14.4. The summed E-state index contributed by atoms with van der Waals surface area (Å²) in [4.78, 5) is 18.4. The predicted octanol–water partition coefficient (Wildman–Crippen LogP) is 1.39. The fraction of sp³-hybridized carbons (Fsp3) is 0.333. The summed E-state index contributed by atoms with van der Waals surface area (Å²) >= 11 is 0. The van der Waals surface area contributed by atoms with Crippen LogP contribution in [0.3, 0.4) is 0 Å². The van der Waals surface area contributed by atoms with E-state index in [2.05, 4.69) is 10.3 Å². The third kappa shape index (κ3) is 1.86. The molecule has 6 nitrogen and oxygen atoms in total. The minimum absolute atomic E-state index is 0.0810. The monoisotopic (exact) mass is 284 g/mol. The molecule has 108 valence electrons. The van der Waals surface area contributed by atoms with Crippen molar-refractivity contribution in [2.24, 2.45) is 0 Å². The highest BCUT2D eigenvalue weighted by molar-refractivity contribution is 5.93. The van der Waals surface area contributed by atoms with Crippen LogP contribution in [0.5, 0.6) is 0 Å². The van der Waals surface area contributed by atoms with Crippen LogP contribution in [0.4, 0.5) is 11.7 Å². The predicted molar refractivity (Wildman–Crippen MR) is 78.7 cm³/mol. The van der Waals surface area contributed by atoms with E-state index >= 15 is 0 Å². The number of carbonyl (C=O) groups excluding carboxylic acids is 1. The van der Waals surface area contributed by atoms with Gasteiger partial charge in [0.25, 0.3) is 6.01 Å². The second-order valence-electron chi connectivity index (χ2n) is 5.57. The third-order valence-electron chi connectivity index (χ3n) is 4.18. The first-order valence-electron chi connectivity index (χ1n) is 7.07. The number of hydrogen-bond donors (Lipinski definition) is 2. The highest BCUT2D eigenvalue weighted by Crippen LogP contribution is 2.45. The van der Waals surface area contributed by atoms with Gasteiger partial charge in [-0.2, -0.15) is 0 Å². The summed E-state index contributed by atoms with van der Waals surface area (Å²) in [5.74, 6) is 0.747. The standard InChI is InChI=1S/C15H16N4O2/c16-11-3-1-2-10(8-11)12-9-18-14(21-12)19-7-6-17-13(20)15(19)4-5-15/h1-3,8-9H,4-7,16H2,(H,17,20). The van der Waals surface area contributed by atoms with Crippen LogP contribution < -0.4 is 16.0 Å². The average Bonchev–Trinajstić information content (AvgIpc) is 3.10. The molecule has 4 rings (SSSR count). The van der Waals surface area contributed by atoms with Crippen molar-refractivity contribution in [2.45, 2.75) is 18.4 Å². The van der Waals surface area contributed by atoms with E-state index in [1.54, 1.807) is 6.20 Å². The number of nitrogens with two attached hydrogens (primary N) is 1. The Balaban J connectivity index is 1.67. The molecule has 1 aromatic carbocycles. The number of nitrogens with zero attached hydrogens (tertiary/aromatic N) is 2. The van der Waals surface area contributed by atoms with Gasteiger partial charge in [0.2, 0.25) is 5.91 Å². The molecule has 2 aliphatic rings. The van der Waals surface area contributed by atoms with E-state index in [4.69, 9.17) is 10.2 Å². The van der Waals surface area contributed by atoms with E-state index in [1.165, 1.54) is 0 Å². The molecule has 6 heteroatoms. The SMILES string of the molecule is Nc1cccc(-c2cnc(N3CCNC(=O)C34CC4)o2)c1. The Morgan fingerprint density at radius 1 is 1.38 bits per heavy atom. The fourth-order valence-electron chi connectivity index (χ4n) is 2.89. The second-order valence-corrected chi connectivity index (χ2v) is 5.57. The van der Waals surface area contributed by atoms with Crippen molar-refractivity contribution >= 4 is 17.6 Å². The summed E-state index contributed by atoms with van der Waals surface area (Å²) in [6.45, 7) is 1.35. The Labute approximate surface area is 121 Å². The summed E-state index contributed by atoms with van der Waals surface area (Å²) in [7, 11) is 0. The topological polar surface area (TPSA) is 84.4 Å². The van der Waals surface area contributed by atoms with E-state index < -0.39 is 5.54 Å². The largest absolute Gasteiger partial charge is 0.423 e. The Hall–Kier alpha value is -2.50. The first kappa shape index (κ1) is 12.3. The molecule has 0 bridgehead atoms. The van der Waals surface area contributed by atoms with Gasteiger partial charge in [-0.05, 0) is 25.0 Å². The molecule has 0 atom stereocenters. The number of piperazine rings is 1. The maximum atomic E-state index is 12.0. The maximum Gasteiger partial charge on any atom is 0.298 e. The number of anilines is 2. The summed E-state index contributed by atoms with van der Waals surface area (Å²) in [5.41, 5.74) is 6.93. The Kier molecular flexibility index (Phi) is 2.48.